The lowest BCUT2D eigenvalue weighted by Crippen LogP contribution is -2.11. The minimum Gasteiger partial charge on any atom is -0.298 e. The lowest BCUT2D eigenvalue weighted by Gasteiger charge is -2.02. The fourth-order valence-electron chi connectivity index (χ4n) is 2.32. The molecule has 0 aliphatic carbocycles. The third-order valence-corrected chi connectivity index (χ3v) is 4.60. The van der Waals surface area contributed by atoms with Gasteiger partial charge >= 0.3 is 6.18 Å². The number of hydrogen-bond acceptors (Lipinski definition) is 4. The molecule has 0 bridgehead atoms. The molecule has 9 heteroatoms. The summed E-state index contributed by atoms with van der Waals surface area (Å²) >= 11 is 1.09. The van der Waals surface area contributed by atoms with Crippen LogP contribution in [0.25, 0.3) is 10.6 Å². The topological polar surface area (TPSA) is 59.8 Å². The Morgan fingerprint density at radius 2 is 1.96 bits per heavy atom. The molecule has 0 saturated carbocycles. The van der Waals surface area contributed by atoms with Gasteiger partial charge in [0.2, 0.25) is 0 Å². The molecule has 1 N–H and O–H groups in total. The van der Waals surface area contributed by atoms with E-state index in [-0.39, 0.29) is 12.5 Å². The van der Waals surface area contributed by atoms with E-state index in [4.69, 9.17) is 0 Å². The van der Waals surface area contributed by atoms with Gasteiger partial charge in [-0.15, -0.1) is 0 Å². The summed E-state index contributed by atoms with van der Waals surface area (Å²) in [4.78, 5) is 16.8. The van der Waals surface area contributed by atoms with E-state index in [1.54, 1.807) is 19.1 Å². The summed E-state index contributed by atoms with van der Waals surface area (Å²) in [5.74, 6) is -0.328. The number of amides is 1. The van der Waals surface area contributed by atoms with E-state index in [0.717, 1.165) is 23.0 Å². The van der Waals surface area contributed by atoms with Crippen LogP contribution in [0.3, 0.4) is 0 Å². The van der Waals surface area contributed by atoms with Gasteiger partial charge < -0.3 is 0 Å². The Morgan fingerprint density at radius 1 is 1.27 bits per heavy atom. The molecule has 136 valence electrons. The van der Waals surface area contributed by atoms with Gasteiger partial charge in [0.05, 0.1) is 10.6 Å². The summed E-state index contributed by atoms with van der Waals surface area (Å²) < 4.78 is 39.9. The van der Waals surface area contributed by atoms with Crippen LogP contribution in [-0.4, -0.2) is 20.7 Å². The highest BCUT2D eigenvalue weighted by atomic mass is 32.1. The van der Waals surface area contributed by atoms with Crippen LogP contribution in [-0.2, 0) is 12.7 Å². The van der Waals surface area contributed by atoms with Crippen LogP contribution in [0.1, 0.15) is 28.5 Å². The lowest BCUT2D eigenvalue weighted by atomic mass is 10.1. The number of aromatic nitrogens is 3. The summed E-state index contributed by atoms with van der Waals surface area (Å²) in [6.45, 7) is 3.91. The second-order valence-corrected chi connectivity index (χ2v) is 6.61. The van der Waals surface area contributed by atoms with Crippen molar-refractivity contribution in [3.63, 3.8) is 0 Å². The first kappa shape index (κ1) is 18.1. The van der Waals surface area contributed by atoms with Crippen LogP contribution in [0.4, 0.5) is 18.3 Å². The lowest BCUT2D eigenvalue weighted by molar-refractivity contribution is -0.141. The van der Waals surface area contributed by atoms with E-state index in [1.807, 2.05) is 19.1 Å². The summed E-state index contributed by atoms with van der Waals surface area (Å²) in [6, 6.07) is 8.02. The number of nitrogens with zero attached hydrogens (tertiary/aromatic N) is 3. The average molecular weight is 380 g/mol. The molecule has 0 spiro atoms. The summed E-state index contributed by atoms with van der Waals surface area (Å²) in [5.41, 5.74) is 0.873. The Kier molecular flexibility index (Phi) is 4.82. The smallest absolute Gasteiger partial charge is 0.298 e. The Labute approximate surface area is 151 Å². The molecule has 5 nitrogen and oxygen atoms in total. The molecule has 1 amide bonds. The second kappa shape index (κ2) is 6.91. The number of carbonyl (C=O) groups excluding carboxylic acids is 1. The van der Waals surface area contributed by atoms with Gasteiger partial charge in [0.25, 0.3) is 5.91 Å². The van der Waals surface area contributed by atoms with Crippen molar-refractivity contribution in [3.05, 3.63) is 53.3 Å². The highest BCUT2D eigenvalue weighted by Gasteiger charge is 2.35. The van der Waals surface area contributed by atoms with E-state index in [0.29, 0.717) is 21.3 Å². The maximum Gasteiger partial charge on any atom is 0.435 e. The SMILES string of the molecule is CCn1nc(C(F)(F)F)cc1-c1cnc(NC(=O)c2ccc(C)cc2)s1. The number of rotatable bonds is 4. The third kappa shape index (κ3) is 3.77. The summed E-state index contributed by atoms with van der Waals surface area (Å²) in [7, 11) is 0. The first-order valence-corrected chi connectivity index (χ1v) is 8.59. The molecular weight excluding hydrogens is 365 g/mol. The number of thiazole rings is 1. The molecule has 3 rings (SSSR count). The van der Waals surface area contributed by atoms with E-state index >= 15 is 0 Å². The van der Waals surface area contributed by atoms with Crippen LogP contribution in [0.5, 0.6) is 0 Å². The van der Waals surface area contributed by atoms with Crippen LogP contribution in [0, 0.1) is 6.92 Å². The standard InChI is InChI=1S/C17H15F3N4OS/c1-3-24-12(8-14(23-24)17(18,19)20)13-9-21-16(26-13)22-15(25)11-6-4-10(2)5-7-11/h4-9H,3H2,1-2H3,(H,21,22,25). The number of anilines is 1. The molecular formula is C17H15F3N4OS. The van der Waals surface area contributed by atoms with Crippen LogP contribution < -0.4 is 5.32 Å². The zero-order valence-electron chi connectivity index (χ0n) is 14.0. The average Bonchev–Trinajstić information content (AvgIpc) is 3.21. The molecule has 0 aliphatic rings. The van der Waals surface area contributed by atoms with Gasteiger partial charge in [-0.1, -0.05) is 29.0 Å². The van der Waals surface area contributed by atoms with Gasteiger partial charge in [0.1, 0.15) is 0 Å². The van der Waals surface area contributed by atoms with Gasteiger partial charge in [-0.3, -0.25) is 14.8 Å². The maximum absolute atomic E-state index is 12.9. The van der Waals surface area contributed by atoms with Gasteiger partial charge in [-0.25, -0.2) is 4.98 Å². The number of benzene rings is 1. The van der Waals surface area contributed by atoms with Gasteiger partial charge in [-0.2, -0.15) is 18.3 Å². The first-order valence-electron chi connectivity index (χ1n) is 7.77. The van der Waals surface area contributed by atoms with E-state index in [2.05, 4.69) is 15.4 Å². The Balaban J connectivity index is 1.83. The molecule has 0 radical (unpaired) electrons. The van der Waals surface area contributed by atoms with Crippen molar-refractivity contribution < 1.29 is 18.0 Å². The predicted molar refractivity (Wildman–Crippen MR) is 93.1 cm³/mol. The summed E-state index contributed by atoms with van der Waals surface area (Å²) in [6.07, 6.45) is -3.08. The normalized spacial score (nSPS) is 11.6. The Morgan fingerprint density at radius 3 is 2.58 bits per heavy atom. The molecule has 2 heterocycles. The van der Waals surface area contributed by atoms with Crippen molar-refractivity contribution in [3.8, 4) is 10.6 Å². The van der Waals surface area contributed by atoms with Crippen LogP contribution in [0.15, 0.2) is 36.5 Å². The van der Waals surface area contributed by atoms with Crippen molar-refractivity contribution in [2.75, 3.05) is 5.32 Å². The predicted octanol–water partition coefficient (Wildman–Crippen LogP) is 4.61. The van der Waals surface area contributed by atoms with Gasteiger partial charge in [0, 0.05) is 18.3 Å². The quantitative estimate of drug-likeness (QED) is 0.719. The van der Waals surface area contributed by atoms with Crippen molar-refractivity contribution >= 4 is 22.4 Å². The van der Waals surface area contributed by atoms with Crippen molar-refractivity contribution in [1.82, 2.24) is 14.8 Å². The third-order valence-electron chi connectivity index (χ3n) is 3.66. The monoisotopic (exact) mass is 380 g/mol. The van der Waals surface area contributed by atoms with E-state index in [9.17, 15) is 18.0 Å². The number of alkyl halides is 3. The fourth-order valence-corrected chi connectivity index (χ4v) is 3.15. The summed E-state index contributed by atoms with van der Waals surface area (Å²) in [5, 5.41) is 6.55. The minimum atomic E-state index is -4.51. The second-order valence-electron chi connectivity index (χ2n) is 5.58. The number of hydrogen-bond donors (Lipinski definition) is 1. The maximum atomic E-state index is 12.9. The Bertz CT molecular complexity index is 928. The minimum absolute atomic E-state index is 0.286. The molecule has 0 aliphatic heterocycles. The highest BCUT2D eigenvalue weighted by molar-refractivity contribution is 7.19. The first-order chi connectivity index (χ1) is 12.3. The zero-order valence-corrected chi connectivity index (χ0v) is 14.8. The number of aryl methyl sites for hydroxylation is 2. The Hall–Kier alpha value is -2.68. The number of carbonyl (C=O) groups is 1. The molecule has 26 heavy (non-hydrogen) atoms. The molecule has 0 atom stereocenters. The van der Waals surface area contributed by atoms with E-state index in [1.165, 1.54) is 10.9 Å². The number of halogens is 3. The molecule has 1 aromatic carbocycles. The van der Waals surface area contributed by atoms with Crippen molar-refractivity contribution in [2.24, 2.45) is 0 Å². The highest BCUT2D eigenvalue weighted by Crippen LogP contribution is 2.34. The molecule has 3 aromatic rings. The van der Waals surface area contributed by atoms with Crippen molar-refractivity contribution in [1.29, 1.82) is 0 Å². The fraction of sp³-hybridized carbons (Fsp3) is 0.235. The zero-order chi connectivity index (χ0) is 18.9. The van der Waals surface area contributed by atoms with Crippen LogP contribution >= 0.6 is 11.3 Å². The molecule has 0 saturated heterocycles. The number of nitrogens with one attached hydrogen (secondary N) is 1. The van der Waals surface area contributed by atoms with Crippen LogP contribution in [0.2, 0.25) is 0 Å². The molecule has 0 unspecified atom stereocenters. The largest absolute Gasteiger partial charge is 0.435 e. The van der Waals surface area contributed by atoms with E-state index < -0.39 is 11.9 Å². The van der Waals surface area contributed by atoms with Gasteiger partial charge in [0.15, 0.2) is 10.8 Å². The molecule has 2 aromatic heterocycles. The molecule has 0 fully saturated rings. The van der Waals surface area contributed by atoms with Crippen molar-refractivity contribution in [2.45, 2.75) is 26.6 Å². The van der Waals surface area contributed by atoms with Gasteiger partial charge in [-0.05, 0) is 32.0 Å².